The largest absolute Gasteiger partial charge is 0.353 e. The highest BCUT2D eigenvalue weighted by Gasteiger charge is 2.27. The molecule has 132 valence electrons. The second-order valence-corrected chi connectivity index (χ2v) is 7.94. The first-order valence-electron chi connectivity index (χ1n) is 9.73. The first-order valence-corrected chi connectivity index (χ1v) is 9.73. The summed E-state index contributed by atoms with van der Waals surface area (Å²) < 4.78 is 0. The molecule has 1 aliphatic heterocycles. The topological polar surface area (TPSA) is 32.3 Å². The molecule has 1 aromatic carbocycles. The van der Waals surface area contributed by atoms with Crippen LogP contribution in [0.1, 0.15) is 69.4 Å². The molecule has 1 amide bonds. The van der Waals surface area contributed by atoms with Gasteiger partial charge in [-0.3, -0.25) is 9.69 Å². The SMILES string of the molecule is CC(C)c1ccc(CN2CCC(C(=O)NC3CCCC3)CC2)cc1. The second kappa shape index (κ2) is 8.15. The summed E-state index contributed by atoms with van der Waals surface area (Å²) in [6.45, 7) is 7.55. The molecule has 2 fully saturated rings. The summed E-state index contributed by atoms with van der Waals surface area (Å²) in [4.78, 5) is 14.9. The summed E-state index contributed by atoms with van der Waals surface area (Å²) in [6, 6.07) is 9.47. The van der Waals surface area contributed by atoms with Gasteiger partial charge in [-0.25, -0.2) is 0 Å². The van der Waals surface area contributed by atoms with Crippen LogP contribution in [-0.2, 0) is 11.3 Å². The van der Waals surface area contributed by atoms with Crippen LogP contribution < -0.4 is 5.32 Å². The van der Waals surface area contributed by atoms with Crippen LogP contribution >= 0.6 is 0 Å². The van der Waals surface area contributed by atoms with E-state index in [4.69, 9.17) is 0 Å². The second-order valence-electron chi connectivity index (χ2n) is 7.94. The first-order chi connectivity index (χ1) is 11.6. The third-order valence-corrected chi connectivity index (χ3v) is 5.71. The lowest BCUT2D eigenvalue weighted by atomic mass is 9.95. The Morgan fingerprint density at radius 2 is 1.71 bits per heavy atom. The van der Waals surface area contributed by atoms with Crippen molar-refractivity contribution >= 4 is 5.91 Å². The number of nitrogens with zero attached hydrogens (tertiary/aromatic N) is 1. The van der Waals surface area contributed by atoms with Gasteiger partial charge in [-0.05, 0) is 55.8 Å². The highest BCUT2D eigenvalue weighted by atomic mass is 16.1. The third kappa shape index (κ3) is 4.60. The average molecular weight is 329 g/mol. The van der Waals surface area contributed by atoms with E-state index in [1.165, 1.54) is 36.8 Å². The van der Waals surface area contributed by atoms with E-state index < -0.39 is 0 Å². The van der Waals surface area contributed by atoms with Crippen molar-refractivity contribution in [1.82, 2.24) is 10.2 Å². The molecule has 1 saturated heterocycles. The maximum atomic E-state index is 12.4. The molecule has 1 heterocycles. The Labute approximate surface area is 146 Å². The number of hydrogen-bond acceptors (Lipinski definition) is 2. The molecule has 3 rings (SSSR count). The van der Waals surface area contributed by atoms with Crippen LogP contribution in [-0.4, -0.2) is 29.9 Å². The Hall–Kier alpha value is -1.35. The maximum absolute atomic E-state index is 12.4. The molecule has 3 heteroatoms. The Kier molecular flexibility index (Phi) is 5.94. The van der Waals surface area contributed by atoms with E-state index in [0.717, 1.165) is 32.5 Å². The standard InChI is InChI=1S/C21H32N2O/c1-16(2)18-9-7-17(8-10-18)15-23-13-11-19(12-14-23)21(24)22-20-5-3-4-6-20/h7-10,16,19-20H,3-6,11-15H2,1-2H3,(H,22,24). The normalized spacial score (nSPS) is 20.6. The van der Waals surface area contributed by atoms with Crippen molar-refractivity contribution < 1.29 is 4.79 Å². The van der Waals surface area contributed by atoms with E-state index in [0.29, 0.717) is 17.9 Å². The van der Waals surface area contributed by atoms with Gasteiger partial charge >= 0.3 is 0 Å². The fourth-order valence-corrected chi connectivity index (χ4v) is 4.01. The number of carbonyl (C=O) groups is 1. The molecule has 1 saturated carbocycles. The van der Waals surface area contributed by atoms with Crippen LogP contribution in [0.15, 0.2) is 24.3 Å². The fourth-order valence-electron chi connectivity index (χ4n) is 4.01. The molecule has 24 heavy (non-hydrogen) atoms. The summed E-state index contributed by atoms with van der Waals surface area (Å²) in [7, 11) is 0. The predicted molar refractivity (Wildman–Crippen MR) is 98.9 cm³/mol. The Morgan fingerprint density at radius 1 is 1.08 bits per heavy atom. The maximum Gasteiger partial charge on any atom is 0.223 e. The molecule has 0 bridgehead atoms. The fraction of sp³-hybridized carbons (Fsp3) is 0.667. The van der Waals surface area contributed by atoms with Crippen molar-refractivity contribution in [3.8, 4) is 0 Å². The number of carbonyl (C=O) groups excluding carboxylic acids is 1. The van der Waals surface area contributed by atoms with Gasteiger partial charge in [-0.1, -0.05) is 51.0 Å². The van der Waals surface area contributed by atoms with Gasteiger partial charge in [0.05, 0.1) is 0 Å². The van der Waals surface area contributed by atoms with Crippen LogP contribution in [0, 0.1) is 5.92 Å². The van der Waals surface area contributed by atoms with E-state index in [1.54, 1.807) is 0 Å². The van der Waals surface area contributed by atoms with Crippen LogP contribution in [0.5, 0.6) is 0 Å². The summed E-state index contributed by atoms with van der Waals surface area (Å²) in [5, 5.41) is 3.27. The zero-order valence-corrected chi connectivity index (χ0v) is 15.3. The molecule has 1 aromatic rings. The lowest BCUT2D eigenvalue weighted by Gasteiger charge is -2.32. The molecule has 3 nitrogen and oxygen atoms in total. The van der Waals surface area contributed by atoms with Gasteiger partial charge in [0, 0.05) is 18.5 Å². The molecule has 0 unspecified atom stereocenters. The van der Waals surface area contributed by atoms with Crippen molar-refractivity contribution in [2.24, 2.45) is 5.92 Å². The van der Waals surface area contributed by atoms with Crippen LogP contribution in [0.25, 0.3) is 0 Å². The van der Waals surface area contributed by atoms with Crippen molar-refractivity contribution in [1.29, 1.82) is 0 Å². The summed E-state index contributed by atoms with van der Waals surface area (Å²) >= 11 is 0. The molecular formula is C21H32N2O. The lowest BCUT2D eigenvalue weighted by molar-refractivity contribution is -0.127. The van der Waals surface area contributed by atoms with Gasteiger partial charge in [0.1, 0.15) is 0 Å². The highest BCUT2D eigenvalue weighted by Crippen LogP contribution is 2.23. The number of nitrogens with one attached hydrogen (secondary N) is 1. The molecular weight excluding hydrogens is 296 g/mol. The molecule has 0 spiro atoms. The smallest absolute Gasteiger partial charge is 0.223 e. The van der Waals surface area contributed by atoms with Gasteiger partial charge in [-0.2, -0.15) is 0 Å². The summed E-state index contributed by atoms with van der Waals surface area (Å²) in [5.74, 6) is 1.13. The van der Waals surface area contributed by atoms with Crippen LogP contribution in [0.3, 0.4) is 0 Å². The minimum absolute atomic E-state index is 0.227. The summed E-state index contributed by atoms with van der Waals surface area (Å²) in [5.41, 5.74) is 2.79. The zero-order chi connectivity index (χ0) is 16.9. The Morgan fingerprint density at radius 3 is 2.29 bits per heavy atom. The Balaban J connectivity index is 1.43. The molecule has 0 radical (unpaired) electrons. The summed E-state index contributed by atoms with van der Waals surface area (Å²) in [6.07, 6.45) is 6.91. The zero-order valence-electron chi connectivity index (χ0n) is 15.3. The number of likely N-dealkylation sites (tertiary alicyclic amines) is 1. The number of piperidine rings is 1. The van der Waals surface area contributed by atoms with E-state index in [2.05, 4.69) is 48.3 Å². The molecule has 0 atom stereocenters. The Bertz CT molecular complexity index is 523. The monoisotopic (exact) mass is 328 g/mol. The molecule has 2 aliphatic rings. The molecule has 1 N–H and O–H groups in total. The first kappa shape index (κ1) is 17.5. The number of rotatable bonds is 5. The van der Waals surface area contributed by atoms with E-state index >= 15 is 0 Å². The van der Waals surface area contributed by atoms with Crippen molar-refractivity contribution in [2.45, 2.75) is 70.9 Å². The van der Waals surface area contributed by atoms with Gasteiger partial charge in [0.15, 0.2) is 0 Å². The third-order valence-electron chi connectivity index (χ3n) is 5.71. The lowest BCUT2D eigenvalue weighted by Crippen LogP contribution is -2.42. The predicted octanol–water partition coefficient (Wildman–Crippen LogP) is 4.08. The van der Waals surface area contributed by atoms with Gasteiger partial charge < -0.3 is 5.32 Å². The van der Waals surface area contributed by atoms with Gasteiger partial charge in [0.2, 0.25) is 5.91 Å². The van der Waals surface area contributed by atoms with Crippen molar-refractivity contribution in [2.75, 3.05) is 13.1 Å². The number of benzene rings is 1. The van der Waals surface area contributed by atoms with E-state index in [1.807, 2.05) is 0 Å². The quantitative estimate of drug-likeness (QED) is 0.883. The highest BCUT2D eigenvalue weighted by molar-refractivity contribution is 5.79. The van der Waals surface area contributed by atoms with E-state index in [-0.39, 0.29) is 5.92 Å². The minimum atomic E-state index is 0.227. The van der Waals surface area contributed by atoms with Crippen molar-refractivity contribution in [3.63, 3.8) is 0 Å². The average Bonchev–Trinajstić information content (AvgIpc) is 3.09. The molecule has 0 aromatic heterocycles. The van der Waals surface area contributed by atoms with Crippen LogP contribution in [0.4, 0.5) is 0 Å². The minimum Gasteiger partial charge on any atom is -0.353 e. The van der Waals surface area contributed by atoms with Gasteiger partial charge in [0.25, 0.3) is 0 Å². The van der Waals surface area contributed by atoms with Crippen LogP contribution in [0.2, 0.25) is 0 Å². The number of hydrogen-bond donors (Lipinski definition) is 1. The number of amides is 1. The molecule has 1 aliphatic carbocycles. The van der Waals surface area contributed by atoms with Crippen molar-refractivity contribution in [3.05, 3.63) is 35.4 Å². The van der Waals surface area contributed by atoms with Gasteiger partial charge in [-0.15, -0.1) is 0 Å². The van der Waals surface area contributed by atoms with E-state index in [9.17, 15) is 4.79 Å².